The second-order valence-corrected chi connectivity index (χ2v) is 13.3. The van der Waals surface area contributed by atoms with Gasteiger partial charge in [0.1, 0.15) is 6.73 Å². The summed E-state index contributed by atoms with van der Waals surface area (Å²) < 4.78 is 5.03. The first-order chi connectivity index (χ1) is 27.5. The summed E-state index contributed by atoms with van der Waals surface area (Å²) in [5.74, 6) is 0. The van der Waals surface area contributed by atoms with Gasteiger partial charge in [0.15, 0.2) is 37.2 Å². The van der Waals surface area contributed by atoms with E-state index in [-0.39, 0.29) is 43.4 Å². The van der Waals surface area contributed by atoms with Crippen LogP contribution in [-0.4, -0.2) is 49.2 Å². The molecule has 4 N–H and O–H groups in total. The Hall–Kier alpha value is -6.47. The third-order valence-corrected chi connectivity index (χ3v) is 9.98. The van der Waals surface area contributed by atoms with Crippen molar-refractivity contribution in [3.63, 3.8) is 0 Å². The molecule has 0 aromatic carbocycles. The average molecular weight is 800 g/mol. The van der Waals surface area contributed by atoms with Crippen LogP contribution in [0.3, 0.4) is 0 Å². The Morgan fingerprint density at radius 1 is 0.456 bits per heavy atom. The predicted molar refractivity (Wildman–Crippen MR) is 209 cm³/mol. The summed E-state index contributed by atoms with van der Waals surface area (Å²) in [5.41, 5.74) is 12.3. The minimum absolute atomic E-state index is 0. The van der Waals surface area contributed by atoms with Crippen molar-refractivity contribution >= 4 is 33.9 Å². The summed E-state index contributed by atoms with van der Waals surface area (Å²) in [7, 11) is 0. The topological polar surface area (TPSA) is 147 Å². The van der Waals surface area contributed by atoms with Gasteiger partial charge in [0.2, 0.25) is 20.2 Å². The van der Waals surface area contributed by atoms with Crippen LogP contribution in [-0.2, 0) is 36.7 Å². The number of allylic oxidation sites excluding steroid dienone is 11. The van der Waals surface area contributed by atoms with Gasteiger partial charge in [0.05, 0.1) is 34.2 Å². The molecular weight excluding hydrogens is 763 g/mol. The number of aliphatic hydroxyl groups is 4. The molecule has 9 rings (SSSR count). The molecule has 8 bridgehead atoms. The molecule has 9 heterocycles. The van der Waals surface area contributed by atoms with Gasteiger partial charge in [-0.2, -0.15) is 13.7 Å². The van der Waals surface area contributed by atoms with Gasteiger partial charge in [-0.15, -0.1) is 11.4 Å². The third kappa shape index (κ3) is 7.10. The molecule has 12 nitrogen and oxygen atoms in total. The van der Waals surface area contributed by atoms with Gasteiger partial charge in [-0.05, 0) is 82.0 Å². The van der Waals surface area contributed by atoms with E-state index < -0.39 is 0 Å². The van der Waals surface area contributed by atoms with Crippen molar-refractivity contribution < 1.29 is 50.6 Å². The molecule has 0 amide bonds. The molecule has 57 heavy (non-hydrogen) atoms. The van der Waals surface area contributed by atoms with Gasteiger partial charge in [-0.3, -0.25) is 0 Å². The Balaban J connectivity index is 0.00000455. The number of aliphatic hydroxyl groups excluding tert-OH is 4. The molecule has 282 valence electrons. The fourth-order valence-electron chi connectivity index (χ4n) is 7.14. The number of rotatable bonds is 7. The fraction of sp³-hybridized carbons (Fsp3) is 0.0909. The molecule has 0 radical (unpaired) electrons. The maximum absolute atomic E-state index is 9.79. The first-order valence-corrected chi connectivity index (χ1v) is 18.0. The van der Waals surface area contributed by atoms with E-state index in [1.165, 1.54) is 0 Å². The van der Waals surface area contributed by atoms with Crippen LogP contribution in [0.2, 0.25) is 0 Å². The molecule has 0 saturated carbocycles. The summed E-state index contributed by atoms with van der Waals surface area (Å²) in [6.45, 7) is -0.612. The van der Waals surface area contributed by atoms with Crippen molar-refractivity contribution in [2.45, 2.75) is 20.2 Å². The van der Waals surface area contributed by atoms with Crippen LogP contribution in [0.15, 0.2) is 190 Å². The van der Waals surface area contributed by atoms with E-state index in [0.717, 1.165) is 44.6 Å². The molecule has 0 saturated heterocycles. The number of nitrogens with zero attached hydrogens (tertiary/aromatic N) is 8. The van der Waals surface area contributed by atoms with Crippen LogP contribution in [0.4, 0.5) is 0 Å². The van der Waals surface area contributed by atoms with Gasteiger partial charge in [0.25, 0.3) is 0 Å². The van der Waals surface area contributed by atoms with Crippen LogP contribution >= 0.6 is 0 Å². The monoisotopic (exact) mass is 798 g/mol. The van der Waals surface area contributed by atoms with E-state index in [1.807, 2.05) is 147 Å². The van der Waals surface area contributed by atoms with Crippen molar-refractivity contribution in [1.82, 2.24) is 9.88 Å². The molecule has 0 spiro atoms. The standard InChI is InChI=1S/C44H36N8O4.Ni/c53-25-49-17-9-29(10-18-49)41-33-1-2-34(45-33)42(30-11-19-50(26-54)20-12-30)36-5-6-38(47-36)44(32-15-23-52(28-56)24-16-32)40-8-7-39(48-40)43(37-4-3-35(41)46-37)31-13-21-51(27-55)22-14-31;/h1-24,53-56H,25-28H2;/q2*+2. The largest absolute Gasteiger partial charge is 2.00 e. The zero-order chi connectivity index (χ0) is 38.2. The maximum atomic E-state index is 9.79. The molecule has 13 heteroatoms. The Morgan fingerprint density at radius 2 is 0.825 bits per heavy atom. The van der Waals surface area contributed by atoms with Crippen LogP contribution in [0, 0.1) is 0 Å². The second kappa shape index (κ2) is 15.9. The minimum Gasteiger partial charge on any atom is -0.657 e. The summed E-state index contributed by atoms with van der Waals surface area (Å²) >= 11 is 0. The zero-order valence-corrected chi connectivity index (χ0v) is 31.4. The third-order valence-electron chi connectivity index (χ3n) is 9.98. The first-order valence-electron chi connectivity index (χ1n) is 18.0. The molecule has 4 aromatic heterocycles. The maximum Gasteiger partial charge on any atom is 2.00 e. The Kier molecular flexibility index (Phi) is 10.5. The molecule has 0 fully saturated rings. The van der Waals surface area contributed by atoms with Crippen LogP contribution in [0.1, 0.15) is 28.1 Å². The number of pyridine rings is 3. The molecule has 0 unspecified atom stereocenters. The number of fused-ring (bicyclic) bond motifs is 5. The van der Waals surface area contributed by atoms with E-state index in [9.17, 15) is 20.4 Å². The molecule has 5 aliphatic heterocycles. The average Bonchev–Trinajstić information content (AvgIpc) is 4.10. The van der Waals surface area contributed by atoms with Gasteiger partial charge in [0, 0.05) is 59.9 Å². The van der Waals surface area contributed by atoms with Gasteiger partial charge < -0.3 is 30.3 Å². The minimum atomic E-state index is -0.153. The number of hydrogen-bond donors (Lipinski definition) is 4. The quantitative estimate of drug-likeness (QED) is 0.167. The van der Waals surface area contributed by atoms with Crippen LogP contribution in [0.5, 0.6) is 0 Å². The predicted octanol–water partition coefficient (Wildman–Crippen LogP) is 2.92. The summed E-state index contributed by atoms with van der Waals surface area (Å²) in [4.78, 5) is 22.7. The van der Waals surface area contributed by atoms with Gasteiger partial charge in [-0.1, -0.05) is 12.1 Å². The molecule has 0 aliphatic carbocycles. The van der Waals surface area contributed by atoms with Crippen molar-refractivity contribution in [2.75, 3.05) is 6.73 Å². The van der Waals surface area contributed by atoms with E-state index >= 15 is 0 Å². The summed E-state index contributed by atoms with van der Waals surface area (Å²) in [6, 6.07) is 15.6. The van der Waals surface area contributed by atoms with Crippen molar-refractivity contribution in [1.29, 1.82) is 0 Å². The van der Waals surface area contributed by atoms with Gasteiger partial charge in [-0.25, -0.2) is 15.0 Å². The van der Waals surface area contributed by atoms with Crippen molar-refractivity contribution in [3.8, 4) is 0 Å². The van der Waals surface area contributed by atoms with Gasteiger partial charge >= 0.3 is 16.5 Å². The Morgan fingerprint density at radius 3 is 1.21 bits per heavy atom. The normalized spacial score (nSPS) is 16.9. The SMILES string of the molecule is OCN1C=CC(=C2C3=NC(=C(c4cc[n+](CO)cc4)C4=NC(=C(c5cc[n+](CO)cc5)c5ccc([n-]5)C(c5cc[n+](CO)cc5)=C5C=CC2=N5)C=C4)C=C3)C=C1.[Ni+2]. The van der Waals surface area contributed by atoms with Crippen molar-refractivity contribution in [2.24, 2.45) is 15.0 Å². The molecular formula is C44H36N8NiO4+4. The zero-order valence-electron chi connectivity index (χ0n) is 30.4. The number of hydrogen-bond acceptors (Lipinski definition) is 8. The Labute approximate surface area is 338 Å². The van der Waals surface area contributed by atoms with E-state index in [2.05, 4.69) is 0 Å². The fourth-order valence-corrected chi connectivity index (χ4v) is 7.14. The number of aromatic nitrogens is 4. The summed E-state index contributed by atoms with van der Waals surface area (Å²) in [5, 5.41) is 39.2. The van der Waals surface area contributed by atoms with E-state index in [0.29, 0.717) is 45.6 Å². The number of aliphatic imine (C=N–C) groups is 3. The van der Waals surface area contributed by atoms with E-state index in [1.54, 1.807) is 18.6 Å². The molecule has 0 atom stereocenters. The van der Waals surface area contributed by atoms with Crippen LogP contribution < -0.4 is 18.7 Å². The van der Waals surface area contributed by atoms with E-state index in [4.69, 9.17) is 20.0 Å². The van der Waals surface area contributed by atoms with Crippen LogP contribution in [0.25, 0.3) is 16.7 Å². The smallest absolute Gasteiger partial charge is 0.657 e. The Bertz CT molecular complexity index is 2640. The molecule has 5 aliphatic rings. The summed E-state index contributed by atoms with van der Waals surface area (Å²) in [6.07, 6.45) is 30.4. The second-order valence-electron chi connectivity index (χ2n) is 13.3. The molecule has 4 aromatic rings. The van der Waals surface area contributed by atoms with Crippen molar-refractivity contribution in [3.05, 3.63) is 203 Å². The first kappa shape index (κ1) is 37.5.